The number of halogens is 1. The van der Waals surface area contributed by atoms with Crippen LogP contribution in [0.15, 0.2) is 4.99 Å². The molecule has 2 aliphatic rings. The van der Waals surface area contributed by atoms with Crippen molar-refractivity contribution < 1.29 is 5.11 Å². The zero-order valence-electron chi connectivity index (χ0n) is 16.1. The van der Waals surface area contributed by atoms with Gasteiger partial charge in [0.2, 0.25) is 0 Å². The third-order valence-electron chi connectivity index (χ3n) is 5.30. The topological polar surface area (TPSA) is 59.9 Å². The molecule has 1 aliphatic carbocycles. The molecule has 0 unspecified atom stereocenters. The van der Waals surface area contributed by atoms with Crippen LogP contribution in [-0.4, -0.2) is 60.8 Å². The van der Waals surface area contributed by atoms with Gasteiger partial charge < -0.3 is 20.6 Å². The molecule has 25 heavy (non-hydrogen) atoms. The number of nitrogens with one attached hydrogen (secondary N) is 2. The summed E-state index contributed by atoms with van der Waals surface area (Å²) in [6.07, 6.45) is 12.0. The van der Waals surface area contributed by atoms with E-state index in [1.54, 1.807) is 0 Å². The lowest BCUT2D eigenvalue weighted by molar-refractivity contribution is 0.0131. The maximum Gasteiger partial charge on any atom is 0.191 e. The van der Waals surface area contributed by atoms with E-state index in [-0.39, 0.29) is 24.0 Å². The third-order valence-corrected chi connectivity index (χ3v) is 5.30. The summed E-state index contributed by atoms with van der Waals surface area (Å²) in [7, 11) is 0. The minimum atomic E-state index is -0.577. The maximum atomic E-state index is 10.6. The number of hydrogen-bond acceptors (Lipinski definition) is 3. The van der Waals surface area contributed by atoms with Crippen molar-refractivity contribution in [1.29, 1.82) is 0 Å². The monoisotopic (exact) mass is 466 g/mol. The number of aliphatic imine (C=N–C) groups is 1. The second-order valence-electron chi connectivity index (χ2n) is 7.52. The van der Waals surface area contributed by atoms with Crippen molar-refractivity contribution in [2.24, 2.45) is 4.99 Å². The summed E-state index contributed by atoms with van der Waals surface area (Å²) < 4.78 is 0. The third kappa shape index (κ3) is 9.43. The van der Waals surface area contributed by atoms with Gasteiger partial charge in [0.25, 0.3) is 0 Å². The van der Waals surface area contributed by atoms with E-state index < -0.39 is 5.60 Å². The van der Waals surface area contributed by atoms with Crippen LogP contribution in [0.3, 0.4) is 0 Å². The molecule has 3 N–H and O–H groups in total. The Hall–Kier alpha value is -0.0800. The van der Waals surface area contributed by atoms with E-state index in [4.69, 9.17) is 0 Å². The first-order valence-corrected chi connectivity index (χ1v) is 10.2. The Balaban J connectivity index is 0.00000312. The maximum absolute atomic E-state index is 10.6. The van der Waals surface area contributed by atoms with Crippen LogP contribution < -0.4 is 10.6 Å². The van der Waals surface area contributed by atoms with Crippen LogP contribution in [0.5, 0.6) is 0 Å². The van der Waals surface area contributed by atoms with Gasteiger partial charge in [-0.3, -0.25) is 4.99 Å². The average molecular weight is 466 g/mol. The minimum absolute atomic E-state index is 0. The normalized spacial score (nSPS) is 21.9. The lowest BCUT2D eigenvalue weighted by Gasteiger charge is -2.30. The number of hydrogen-bond donors (Lipinski definition) is 3. The summed E-state index contributed by atoms with van der Waals surface area (Å²) in [6, 6.07) is 0. The van der Waals surface area contributed by atoms with E-state index in [1.807, 2.05) is 0 Å². The number of nitrogens with zero attached hydrogens (tertiary/aromatic N) is 2. The average Bonchev–Trinajstić information content (AvgIpc) is 2.86. The second kappa shape index (κ2) is 13.1. The molecule has 148 valence electrons. The summed E-state index contributed by atoms with van der Waals surface area (Å²) in [6.45, 7) is 8.12. The Labute approximate surface area is 171 Å². The van der Waals surface area contributed by atoms with Crippen LogP contribution >= 0.6 is 24.0 Å². The molecule has 2 rings (SSSR count). The van der Waals surface area contributed by atoms with E-state index >= 15 is 0 Å². The van der Waals surface area contributed by atoms with Crippen molar-refractivity contribution in [1.82, 2.24) is 15.5 Å². The highest BCUT2D eigenvalue weighted by Gasteiger charge is 2.28. The Kier molecular flexibility index (Phi) is 12.1. The summed E-state index contributed by atoms with van der Waals surface area (Å²) >= 11 is 0. The van der Waals surface area contributed by atoms with Gasteiger partial charge in [-0.25, -0.2) is 0 Å². The van der Waals surface area contributed by atoms with Gasteiger partial charge in [-0.2, -0.15) is 0 Å². The molecule has 1 heterocycles. The molecule has 6 heteroatoms. The predicted octanol–water partition coefficient (Wildman–Crippen LogP) is 3.12. The predicted molar refractivity (Wildman–Crippen MR) is 117 cm³/mol. The smallest absolute Gasteiger partial charge is 0.191 e. The molecular formula is C19H39IN4O. The Morgan fingerprint density at radius 1 is 1.00 bits per heavy atom. The fraction of sp³-hybridized carbons (Fsp3) is 0.947. The molecule has 0 aromatic rings. The highest BCUT2D eigenvalue weighted by atomic mass is 127. The van der Waals surface area contributed by atoms with Gasteiger partial charge in [-0.1, -0.05) is 32.1 Å². The number of aliphatic hydroxyl groups is 1. The van der Waals surface area contributed by atoms with E-state index in [0.717, 1.165) is 51.2 Å². The van der Waals surface area contributed by atoms with Crippen molar-refractivity contribution in [2.45, 2.75) is 76.7 Å². The summed E-state index contributed by atoms with van der Waals surface area (Å²) in [5.74, 6) is 0.854. The Morgan fingerprint density at radius 2 is 1.64 bits per heavy atom. The standard InChI is InChI=1S/C19H38N4O.HI/c1-2-20-18(22-17-19(24)11-6-5-7-12-19)21-13-10-16-23-14-8-3-4-9-15-23;/h24H,2-17H2,1H3,(H2,20,21,22);1H. The van der Waals surface area contributed by atoms with Gasteiger partial charge in [-0.15, -0.1) is 24.0 Å². The van der Waals surface area contributed by atoms with Gasteiger partial charge in [0.1, 0.15) is 0 Å². The largest absolute Gasteiger partial charge is 0.388 e. The zero-order chi connectivity index (χ0) is 17.1. The van der Waals surface area contributed by atoms with Crippen molar-refractivity contribution in [3.63, 3.8) is 0 Å². The Morgan fingerprint density at radius 3 is 2.28 bits per heavy atom. The van der Waals surface area contributed by atoms with Gasteiger partial charge in [0.15, 0.2) is 5.96 Å². The van der Waals surface area contributed by atoms with Gasteiger partial charge >= 0.3 is 0 Å². The molecule has 0 aromatic carbocycles. The van der Waals surface area contributed by atoms with Gasteiger partial charge in [0.05, 0.1) is 12.1 Å². The summed E-state index contributed by atoms with van der Waals surface area (Å²) in [5, 5.41) is 17.3. The van der Waals surface area contributed by atoms with Crippen molar-refractivity contribution in [3.05, 3.63) is 0 Å². The quantitative estimate of drug-likeness (QED) is 0.234. The first-order valence-electron chi connectivity index (χ1n) is 10.2. The first-order chi connectivity index (χ1) is 11.7. The van der Waals surface area contributed by atoms with Crippen LogP contribution in [0.4, 0.5) is 0 Å². The molecule has 1 aliphatic heterocycles. The summed E-state index contributed by atoms with van der Waals surface area (Å²) in [4.78, 5) is 7.24. The molecular weight excluding hydrogens is 427 g/mol. The van der Waals surface area contributed by atoms with E-state index in [2.05, 4.69) is 27.4 Å². The highest BCUT2D eigenvalue weighted by molar-refractivity contribution is 14.0. The molecule has 0 bridgehead atoms. The number of rotatable bonds is 7. The lowest BCUT2D eigenvalue weighted by Crippen LogP contribution is -2.41. The molecule has 0 atom stereocenters. The molecule has 5 nitrogen and oxygen atoms in total. The zero-order valence-corrected chi connectivity index (χ0v) is 18.4. The van der Waals surface area contributed by atoms with Crippen LogP contribution in [0, 0.1) is 0 Å². The molecule has 1 saturated carbocycles. The van der Waals surface area contributed by atoms with Crippen molar-refractivity contribution in [2.75, 3.05) is 39.3 Å². The van der Waals surface area contributed by atoms with Crippen molar-refractivity contribution in [3.8, 4) is 0 Å². The van der Waals surface area contributed by atoms with Crippen LogP contribution in [0.25, 0.3) is 0 Å². The molecule has 0 radical (unpaired) electrons. The van der Waals surface area contributed by atoms with Gasteiger partial charge in [-0.05, 0) is 58.7 Å². The van der Waals surface area contributed by atoms with E-state index in [0.29, 0.717) is 6.54 Å². The Bertz CT molecular complexity index is 364. The van der Waals surface area contributed by atoms with E-state index in [9.17, 15) is 5.11 Å². The fourth-order valence-electron chi connectivity index (χ4n) is 3.81. The SMILES string of the molecule is CCNC(=NCC1(O)CCCCC1)NCCCN1CCCCCC1.I. The van der Waals surface area contributed by atoms with E-state index in [1.165, 1.54) is 51.7 Å². The minimum Gasteiger partial charge on any atom is -0.388 e. The second-order valence-corrected chi connectivity index (χ2v) is 7.52. The van der Waals surface area contributed by atoms with Crippen molar-refractivity contribution >= 4 is 29.9 Å². The molecule has 0 aromatic heterocycles. The molecule has 1 saturated heterocycles. The van der Waals surface area contributed by atoms with Gasteiger partial charge in [0, 0.05) is 13.1 Å². The lowest BCUT2D eigenvalue weighted by atomic mass is 9.85. The number of guanidine groups is 1. The number of likely N-dealkylation sites (tertiary alicyclic amines) is 1. The van der Waals surface area contributed by atoms with Crippen LogP contribution in [0.1, 0.15) is 71.1 Å². The molecule has 0 amide bonds. The highest BCUT2D eigenvalue weighted by Crippen LogP contribution is 2.28. The van der Waals surface area contributed by atoms with Crippen LogP contribution in [0.2, 0.25) is 0 Å². The van der Waals surface area contributed by atoms with Crippen LogP contribution in [-0.2, 0) is 0 Å². The molecule has 2 fully saturated rings. The molecule has 0 spiro atoms. The first kappa shape index (κ1) is 23.0. The summed E-state index contributed by atoms with van der Waals surface area (Å²) in [5.41, 5.74) is -0.577. The fourth-order valence-corrected chi connectivity index (χ4v) is 3.81.